The fraction of sp³-hybridized carbons (Fsp3) is 0.381. The van der Waals surface area contributed by atoms with E-state index in [4.69, 9.17) is 34.8 Å². The number of anilines is 2. The average Bonchev–Trinajstić information content (AvgIpc) is 3.82. The summed E-state index contributed by atoms with van der Waals surface area (Å²) in [4.78, 5) is 35.1. The summed E-state index contributed by atoms with van der Waals surface area (Å²) >= 11 is 17.5. The SMILES string of the molecule is Cc1ccc(NS(C)(=O)=O)c(C(=O)Cl)c1.Cc1ccc(NS(C)(=O)=O)c(C(=O)N2CCCCC2c2cc3nc(Cl)c(C)cn3n2)c1.Cc1cn2nc(C3CCCCN3)cc2nc1Cl.Cl. The Morgan fingerprint density at radius 1 is 0.703 bits per heavy atom. The van der Waals surface area contributed by atoms with E-state index in [0.29, 0.717) is 34.1 Å². The Balaban J connectivity index is 0.000000197. The molecule has 4 aromatic heterocycles. The van der Waals surface area contributed by atoms with E-state index in [1.54, 1.807) is 40.6 Å². The summed E-state index contributed by atoms with van der Waals surface area (Å²) in [7, 11) is -6.93. The molecule has 2 aliphatic rings. The Morgan fingerprint density at radius 3 is 1.72 bits per heavy atom. The first kappa shape index (κ1) is 50.4. The van der Waals surface area contributed by atoms with E-state index in [1.165, 1.54) is 25.0 Å². The predicted molar refractivity (Wildman–Crippen MR) is 254 cm³/mol. The molecular weight excluding hydrogens is 946 g/mol. The molecule has 2 aliphatic heterocycles. The maximum Gasteiger partial charge on any atom is 0.256 e. The molecule has 2 atom stereocenters. The lowest BCUT2D eigenvalue weighted by Crippen LogP contribution is -2.39. The van der Waals surface area contributed by atoms with Gasteiger partial charge in [-0.25, -0.2) is 35.8 Å². The Kier molecular flexibility index (Phi) is 16.7. The Labute approximate surface area is 394 Å². The largest absolute Gasteiger partial charge is 0.330 e. The number of benzene rings is 2. The smallest absolute Gasteiger partial charge is 0.256 e. The molecule has 0 bridgehead atoms. The van der Waals surface area contributed by atoms with Crippen LogP contribution in [0.1, 0.15) is 105 Å². The number of rotatable bonds is 8. The molecule has 0 spiro atoms. The van der Waals surface area contributed by atoms with Gasteiger partial charge in [0.1, 0.15) is 10.3 Å². The Bertz CT molecular complexity index is 2830. The Hall–Kier alpha value is -4.56. The highest BCUT2D eigenvalue weighted by atomic mass is 35.5. The van der Waals surface area contributed by atoms with E-state index in [0.717, 1.165) is 84.0 Å². The summed E-state index contributed by atoms with van der Waals surface area (Å²) in [5.74, 6) is -0.223. The molecule has 2 unspecified atom stereocenters. The second-order valence-electron chi connectivity index (χ2n) is 15.8. The molecule has 2 saturated heterocycles. The standard InChI is InChI=1S/C21H24ClN5O3S.C12H15ClN4.C9H10ClNO3S.ClH/c1-13-7-8-16(25-31(3,29)30)15(10-13)21(28)26-9-5-4-6-18(26)17-11-19-23-20(22)14(2)12-27(19)24-17;1-8-7-17-11(15-12(8)13)6-10(16-17)9-4-2-3-5-14-9;1-6-3-4-8(11-15(2,13)14)7(5-6)9(10)12;/h7-8,10-12,18,25H,4-6,9H2,1-3H3;6-7,9,14H,2-5H2,1H3;3-5,11H,1-2H3;1H. The lowest BCUT2D eigenvalue weighted by molar-refractivity contribution is 0.0606. The number of carbonyl (C=O) groups excluding carboxylic acids is 2. The second-order valence-corrected chi connectivity index (χ2v) is 20.4. The van der Waals surface area contributed by atoms with Crippen molar-refractivity contribution in [2.45, 2.75) is 78.3 Å². The minimum atomic E-state index is -3.53. The van der Waals surface area contributed by atoms with Crippen molar-refractivity contribution < 1.29 is 26.4 Å². The number of hydrogen-bond acceptors (Lipinski definition) is 11. The number of halogens is 4. The highest BCUT2D eigenvalue weighted by Crippen LogP contribution is 2.34. The van der Waals surface area contributed by atoms with Crippen molar-refractivity contribution in [2.24, 2.45) is 0 Å². The number of aryl methyl sites for hydroxylation is 4. The van der Waals surface area contributed by atoms with Crippen LogP contribution < -0.4 is 14.8 Å². The third kappa shape index (κ3) is 13.0. The summed E-state index contributed by atoms with van der Waals surface area (Å²) in [6, 6.07) is 13.9. The van der Waals surface area contributed by atoms with Gasteiger partial charge in [0.25, 0.3) is 11.1 Å². The lowest BCUT2D eigenvalue weighted by atomic mass is 9.97. The van der Waals surface area contributed by atoms with Crippen molar-refractivity contribution in [3.05, 3.63) is 116 Å². The van der Waals surface area contributed by atoms with Gasteiger partial charge in [-0.05, 0) is 102 Å². The number of likely N-dealkylation sites (tertiary alicyclic amines) is 1. The predicted octanol–water partition coefficient (Wildman–Crippen LogP) is 8.41. The van der Waals surface area contributed by atoms with Crippen LogP contribution in [0.3, 0.4) is 0 Å². The van der Waals surface area contributed by atoms with Crippen LogP contribution in [0.25, 0.3) is 11.3 Å². The molecular formula is C42H50Cl4N10O6S2. The number of aromatic nitrogens is 6. The van der Waals surface area contributed by atoms with Crippen molar-refractivity contribution in [3.8, 4) is 0 Å². The van der Waals surface area contributed by atoms with E-state index in [9.17, 15) is 26.4 Å². The van der Waals surface area contributed by atoms with E-state index in [2.05, 4.69) is 34.9 Å². The van der Waals surface area contributed by atoms with Gasteiger partial charge in [0.15, 0.2) is 11.3 Å². The molecule has 64 heavy (non-hydrogen) atoms. The number of carbonyl (C=O) groups is 2. The fourth-order valence-corrected chi connectivity index (χ4v) is 8.90. The van der Waals surface area contributed by atoms with Crippen molar-refractivity contribution in [1.82, 2.24) is 39.4 Å². The first-order chi connectivity index (χ1) is 29.7. The highest BCUT2D eigenvalue weighted by Gasteiger charge is 2.32. The zero-order valence-electron chi connectivity index (χ0n) is 36.0. The van der Waals surface area contributed by atoms with Gasteiger partial charge >= 0.3 is 0 Å². The molecule has 16 nitrogen and oxygen atoms in total. The van der Waals surface area contributed by atoms with Crippen molar-refractivity contribution >= 4 is 101 Å². The molecule has 0 aliphatic carbocycles. The number of sulfonamides is 2. The molecule has 3 N–H and O–H groups in total. The molecule has 0 radical (unpaired) electrons. The van der Waals surface area contributed by atoms with Crippen LogP contribution in [0.4, 0.5) is 11.4 Å². The molecule has 2 aromatic carbocycles. The van der Waals surface area contributed by atoms with Gasteiger partial charge in [-0.15, -0.1) is 12.4 Å². The van der Waals surface area contributed by atoms with E-state index >= 15 is 0 Å². The second kappa shape index (κ2) is 21.2. The summed E-state index contributed by atoms with van der Waals surface area (Å²) in [5, 5.41) is 13.0. The fourth-order valence-electron chi connectivity index (χ4n) is 7.32. The minimum Gasteiger partial charge on any atom is -0.330 e. The van der Waals surface area contributed by atoms with Gasteiger partial charge in [0.05, 0.1) is 58.5 Å². The summed E-state index contributed by atoms with van der Waals surface area (Å²) in [5.41, 5.74) is 7.69. The van der Waals surface area contributed by atoms with Crippen molar-refractivity contribution in [2.75, 3.05) is 35.0 Å². The topological polar surface area (TPSA) is 202 Å². The van der Waals surface area contributed by atoms with Gasteiger partial charge < -0.3 is 10.2 Å². The zero-order chi connectivity index (χ0) is 45.8. The number of nitrogens with zero attached hydrogens (tertiary/aromatic N) is 7. The first-order valence-electron chi connectivity index (χ1n) is 20.1. The van der Waals surface area contributed by atoms with Gasteiger partial charge in [-0.3, -0.25) is 19.0 Å². The van der Waals surface area contributed by atoms with E-state index < -0.39 is 25.3 Å². The summed E-state index contributed by atoms with van der Waals surface area (Å²) in [6.45, 7) is 9.10. The van der Waals surface area contributed by atoms with E-state index in [1.807, 2.05) is 49.8 Å². The quantitative estimate of drug-likeness (QED) is 0.0976. The van der Waals surface area contributed by atoms with Crippen LogP contribution >= 0.6 is 47.2 Å². The van der Waals surface area contributed by atoms with Crippen LogP contribution in [0, 0.1) is 27.7 Å². The normalized spacial score (nSPS) is 16.5. The third-order valence-electron chi connectivity index (χ3n) is 10.3. The van der Waals surface area contributed by atoms with Crippen molar-refractivity contribution in [3.63, 3.8) is 0 Å². The maximum absolute atomic E-state index is 13.6. The average molecular weight is 997 g/mol. The lowest BCUT2D eigenvalue weighted by Gasteiger charge is -2.35. The number of hydrogen-bond donors (Lipinski definition) is 3. The summed E-state index contributed by atoms with van der Waals surface area (Å²) < 4.78 is 53.8. The highest BCUT2D eigenvalue weighted by molar-refractivity contribution is 7.92. The minimum absolute atomic E-state index is 0. The van der Waals surface area contributed by atoms with Crippen molar-refractivity contribution in [1.29, 1.82) is 0 Å². The number of fused-ring (bicyclic) bond motifs is 2. The van der Waals surface area contributed by atoms with Crippen LogP contribution in [0.15, 0.2) is 60.9 Å². The molecule has 22 heteroatoms. The van der Waals surface area contributed by atoms with Crippen LogP contribution in [0.5, 0.6) is 0 Å². The number of amides is 1. The molecule has 2 fully saturated rings. The molecule has 1 amide bonds. The van der Waals surface area contributed by atoms with Crippen LogP contribution in [-0.2, 0) is 20.0 Å². The zero-order valence-corrected chi connectivity index (χ0v) is 40.7. The number of piperidine rings is 2. The first-order valence-corrected chi connectivity index (χ1v) is 25.0. The van der Waals surface area contributed by atoms with Gasteiger partial charge in [0, 0.05) is 42.2 Å². The monoisotopic (exact) mass is 994 g/mol. The number of nitrogens with one attached hydrogen (secondary N) is 3. The Morgan fingerprint density at radius 2 is 1.20 bits per heavy atom. The van der Waals surface area contributed by atoms with Gasteiger partial charge in [0.2, 0.25) is 20.0 Å². The third-order valence-corrected chi connectivity index (χ3v) is 12.5. The molecule has 6 heterocycles. The van der Waals surface area contributed by atoms with E-state index in [-0.39, 0.29) is 41.3 Å². The maximum atomic E-state index is 13.6. The molecule has 0 saturated carbocycles. The van der Waals surface area contributed by atoms with Gasteiger partial charge in [-0.1, -0.05) is 52.9 Å². The van der Waals surface area contributed by atoms with Gasteiger partial charge in [-0.2, -0.15) is 10.2 Å². The molecule has 8 rings (SSSR count). The van der Waals surface area contributed by atoms with Crippen LogP contribution in [0.2, 0.25) is 10.3 Å². The summed E-state index contributed by atoms with van der Waals surface area (Å²) in [6.07, 6.45) is 12.1. The molecule has 344 valence electrons. The molecule has 6 aromatic rings. The van der Waals surface area contributed by atoms with Crippen LogP contribution in [-0.4, -0.2) is 87.7 Å².